The van der Waals surface area contributed by atoms with Crippen molar-refractivity contribution < 1.29 is 96.3 Å². The van der Waals surface area contributed by atoms with Crippen LogP contribution in [0.4, 0.5) is 9.59 Å². The molecular formula is C61H80Cl2N3O20-. The van der Waals surface area contributed by atoms with Crippen molar-refractivity contribution in [1.29, 1.82) is 0 Å². The van der Waals surface area contributed by atoms with Gasteiger partial charge in [-0.25, -0.2) is 9.59 Å². The van der Waals surface area contributed by atoms with Gasteiger partial charge in [-0.2, -0.15) is 0 Å². The summed E-state index contributed by atoms with van der Waals surface area (Å²) in [6, 6.07) is 18.8. The molecule has 4 aliphatic heterocycles. The molecule has 3 saturated heterocycles. The third-order valence-corrected chi connectivity index (χ3v) is 12.1. The van der Waals surface area contributed by atoms with E-state index in [0.29, 0.717) is 0 Å². The number of carboxylic acid groups (broad SMARTS) is 3. The molecule has 0 radical (unpaired) electrons. The van der Waals surface area contributed by atoms with Crippen LogP contribution >= 0.6 is 23.2 Å². The average molecular weight is 1250 g/mol. The topological polar surface area (TPSA) is 333 Å². The van der Waals surface area contributed by atoms with Gasteiger partial charge in [-0.1, -0.05) is 116 Å². The summed E-state index contributed by atoms with van der Waals surface area (Å²) >= 11 is 9.53. The zero-order valence-electron chi connectivity index (χ0n) is 49.3. The van der Waals surface area contributed by atoms with Gasteiger partial charge in [-0.05, 0) is 59.6 Å². The zero-order valence-corrected chi connectivity index (χ0v) is 50.8. The number of rotatable bonds is 22. The summed E-state index contributed by atoms with van der Waals surface area (Å²) in [5.74, 6) is -11.8. The molecule has 2 aromatic rings. The summed E-state index contributed by atoms with van der Waals surface area (Å²) in [6.45, 7) is 23.7. The van der Waals surface area contributed by atoms with Gasteiger partial charge < -0.3 is 79.1 Å². The first-order valence-electron chi connectivity index (χ1n) is 27.2. The van der Waals surface area contributed by atoms with Crippen molar-refractivity contribution in [2.24, 2.45) is 41.2 Å². The minimum absolute atomic E-state index is 0.0168. The second-order valence-electron chi connectivity index (χ2n) is 20.6. The minimum atomic E-state index is -1.37. The van der Waals surface area contributed by atoms with Crippen LogP contribution in [0.2, 0.25) is 0 Å². The van der Waals surface area contributed by atoms with E-state index in [9.17, 15) is 53.7 Å². The fourth-order valence-electron chi connectivity index (χ4n) is 8.62. The fraction of sp³-hybridized carbons (Fsp3) is 0.475. The third kappa shape index (κ3) is 26.0. The number of aliphatic carboxylic acids is 3. The Morgan fingerprint density at radius 3 is 1.33 bits per heavy atom. The van der Waals surface area contributed by atoms with E-state index in [1.165, 1.54) is 18.4 Å². The number of ether oxygens (including phenoxy) is 9. The van der Waals surface area contributed by atoms with Gasteiger partial charge in [0.2, 0.25) is 0 Å². The first-order valence-corrected chi connectivity index (χ1v) is 28.3. The van der Waals surface area contributed by atoms with Crippen LogP contribution in [-0.2, 0) is 71.4 Å². The number of hydrogen-bond donors (Lipinski definition) is 5. The number of amides is 2. The molecule has 0 spiro atoms. The number of carboxylic acids is 3. The van der Waals surface area contributed by atoms with Crippen LogP contribution in [-0.4, -0.2) is 157 Å². The second kappa shape index (κ2) is 38.5. The van der Waals surface area contributed by atoms with Crippen molar-refractivity contribution in [1.82, 2.24) is 10.6 Å². The number of halogens is 2. The quantitative estimate of drug-likeness (QED) is 0.0210. The molecule has 4 aliphatic rings. The number of nitrogens with two attached hydrogens (primary N) is 1. The highest BCUT2D eigenvalue weighted by atomic mass is 35.5. The lowest BCUT2D eigenvalue weighted by atomic mass is 9.83. The van der Waals surface area contributed by atoms with E-state index in [1.54, 1.807) is 78.0 Å². The van der Waals surface area contributed by atoms with Gasteiger partial charge >= 0.3 is 42.0 Å². The van der Waals surface area contributed by atoms with Crippen LogP contribution in [0.1, 0.15) is 59.6 Å². The summed E-state index contributed by atoms with van der Waals surface area (Å²) in [5.41, 5.74) is 5.86. The molecule has 2 aromatic carbocycles. The number of benzene rings is 2. The number of alkyl carbamates (subject to hydrolysis) is 2. The number of alkyl halides is 2. The van der Waals surface area contributed by atoms with Crippen molar-refractivity contribution in [3.05, 3.63) is 134 Å². The largest absolute Gasteiger partial charge is 0.550 e. The maximum Gasteiger partial charge on any atom is 0.407 e. The molecule has 3 fully saturated rings. The van der Waals surface area contributed by atoms with Gasteiger partial charge in [0.25, 0.3) is 0 Å². The Hall–Kier alpha value is -7.54. The van der Waals surface area contributed by atoms with Gasteiger partial charge in [0.05, 0.1) is 73.8 Å². The first-order chi connectivity index (χ1) is 40.7. The van der Waals surface area contributed by atoms with Gasteiger partial charge in [-0.15, -0.1) is 36.4 Å². The van der Waals surface area contributed by atoms with E-state index in [-0.39, 0.29) is 44.8 Å². The Morgan fingerprint density at radius 1 is 0.593 bits per heavy atom. The predicted octanol–water partition coefficient (Wildman–Crippen LogP) is 6.47. The fourth-order valence-corrected chi connectivity index (χ4v) is 8.62. The number of nitrogens with one attached hydrogen (secondary N) is 2. The number of carbonyl (C=O) groups is 8. The molecule has 86 heavy (non-hydrogen) atoms. The van der Waals surface area contributed by atoms with E-state index in [4.69, 9.17) is 66.8 Å². The van der Waals surface area contributed by atoms with Gasteiger partial charge in [0.15, 0.2) is 0 Å². The molecule has 4 heterocycles. The molecule has 6 N–H and O–H groups in total. The number of fused-ring (bicyclic) bond motifs is 2. The molecule has 0 saturated carbocycles. The Kier molecular flexibility index (Phi) is 33.4. The second-order valence-corrected chi connectivity index (χ2v) is 21.4. The third-order valence-electron chi connectivity index (χ3n) is 12.1. The molecule has 2 amide bonds. The first kappa shape index (κ1) is 74.6. The molecule has 23 nitrogen and oxygen atoms in total. The van der Waals surface area contributed by atoms with E-state index >= 15 is 0 Å². The van der Waals surface area contributed by atoms with E-state index in [1.807, 2.05) is 67.6 Å². The molecule has 12 atom stereocenters. The highest BCUT2D eigenvalue weighted by Crippen LogP contribution is 2.40. The molecule has 0 aliphatic carbocycles. The highest BCUT2D eigenvalue weighted by Gasteiger charge is 2.54. The summed E-state index contributed by atoms with van der Waals surface area (Å²) in [4.78, 5) is 94.8. The molecule has 2 unspecified atom stereocenters. The number of esters is 3. The summed E-state index contributed by atoms with van der Waals surface area (Å²) in [5, 5.41) is 35.5. The van der Waals surface area contributed by atoms with E-state index < -0.39 is 131 Å². The number of hydrogen-bond acceptors (Lipinski definition) is 19. The average Bonchev–Trinajstić information content (AvgIpc) is 1.96. The van der Waals surface area contributed by atoms with E-state index in [0.717, 1.165) is 17.7 Å². The lowest BCUT2D eigenvalue weighted by Crippen LogP contribution is -2.43. The van der Waals surface area contributed by atoms with Crippen LogP contribution in [0.25, 0.3) is 12.2 Å². The standard InChI is InChI=1S/C23H29NO7.C18H21NO5.C15H21NO7.C4H8O.CH2Cl2/c1-5-16-18(20(25)26)19(17(30-16)12-11-15-9-7-6-8-10-15)21(27)29-14-13-24-22(28)31-23(2,3)4;1-2-13-15(17(20)21)16(18(22)23-11-10-19)14(24-13)9-8-12-6-4-3-5-7-12;1-15(2,3)23-14(20)16-6-7-21-13(19)11-9-5-4-8(22-9)10(11)12(17)18;1-3-5-4-2;2-1-3/h5-12,16-19H,1,13-14H2,2-4H3,(H,24,28)(H,25,26);2-9,13-16H,1,10-11,19H2,(H,20,21);4-5,8-11H,6-7H2,1-3H3,(H,16,20)(H,17,18);3H,1,4H2,2H3;1H2/p-1/t16-,17+,18-,19+;13-,14+,15-,16+;8?,9?,10-,11+;;/m000../s1. The van der Waals surface area contributed by atoms with Crippen LogP contribution in [0.5, 0.6) is 0 Å². The highest BCUT2D eigenvalue weighted by molar-refractivity contribution is 6.40. The maximum atomic E-state index is 12.7. The Labute approximate surface area is 511 Å². The molecule has 474 valence electrons. The van der Waals surface area contributed by atoms with Crippen molar-refractivity contribution in [2.45, 2.75) is 96.3 Å². The SMILES string of the molecule is C=COCC.C=C[C@@H]1O[C@H](C=Cc2ccccc2)[C@@H](C(=O)OCCN)[C@H]1C(=O)[O-].C=C[C@@H]1O[C@H](C=Cc2ccccc2)[C@@H](C(=O)OCCNC(=O)OC(C)(C)C)[C@H]1C(=O)O.CC(C)(C)OC(=O)NCCOC(=O)[C@@H]1C2C=CC(O2)[C@@H]1C(=O)O.ClCCl. The molecule has 0 aromatic heterocycles. The monoisotopic (exact) mass is 1240 g/mol. The molecular weight excluding hydrogens is 1170 g/mol. The Balaban J connectivity index is 0.000000417. The lowest BCUT2D eigenvalue weighted by molar-refractivity contribution is -0.313. The zero-order chi connectivity index (χ0) is 64.6. The summed E-state index contributed by atoms with van der Waals surface area (Å²) in [7, 11) is 0. The predicted molar refractivity (Wildman–Crippen MR) is 316 cm³/mol. The Bertz CT molecular complexity index is 2610. The molecule has 2 bridgehead atoms. The van der Waals surface area contributed by atoms with Gasteiger partial charge in [0, 0.05) is 18.4 Å². The van der Waals surface area contributed by atoms with Gasteiger partial charge in [0.1, 0.15) is 54.7 Å². The smallest absolute Gasteiger partial charge is 0.407 e. The van der Waals surface area contributed by atoms with E-state index in [2.05, 4.69) is 35.1 Å². The van der Waals surface area contributed by atoms with Crippen molar-refractivity contribution in [3.8, 4) is 0 Å². The Morgan fingerprint density at radius 2 is 0.977 bits per heavy atom. The lowest BCUT2D eigenvalue weighted by Gasteiger charge is -2.21. The van der Waals surface area contributed by atoms with Crippen molar-refractivity contribution in [3.63, 3.8) is 0 Å². The van der Waals surface area contributed by atoms with Crippen molar-refractivity contribution in [2.75, 3.05) is 51.4 Å². The molecule has 6 rings (SSSR count). The van der Waals surface area contributed by atoms with Crippen LogP contribution in [0.15, 0.2) is 123 Å². The summed E-state index contributed by atoms with van der Waals surface area (Å²) < 4.78 is 46.9. The minimum Gasteiger partial charge on any atom is -0.550 e. The number of carbonyl (C=O) groups excluding carboxylic acids is 6. The van der Waals surface area contributed by atoms with Crippen molar-refractivity contribution >= 4 is 83.4 Å². The molecule has 25 heteroatoms. The normalized spacial score (nSPS) is 24.0. The summed E-state index contributed by atoms with van der Waals surface area (Å²) in [6.07, 6.45) is 8.74. The van der Waals surface area contributed by atoms with Crippen LogP contribution in [0, 0.1) is 35.5 Å². The van der Waals surface area contributed by atoms with Crippen LogP contribution < -0.4 is 21.5 Å². The van der Waals surface area contributed by atoms with Crippen LogP contribution in [0.3, 0.4) is 0 Å². The van der Waals surface area contributed by atoms with Gasteiger partial charge in [-0.3, -0.25) is 24.0 Å². The maximum absolute atomic E-state index is 12.7.